The number of carbonyl (C=O) groups is 2. The highest BCUT2D eigenvalue weighted by molar-refractivity contribution is 6.04. The number of anilines is 1. The largest absolute Gasteiger partial charge is 0.494 e. The second-order valence-corrected chi connectivity index (χ2v) is 7.43. The van der Waals surface area contributed by atoms with Crippen molar-refractivity contribution in [2.24, 2.45) is 5.92 Å². The van der Waals surface area contributed by atoms with E-state index in [-0.39, 0.29) is 11.9 Å². The normalized spacial score (nSPS) is 10.6. The van der Waals surface area contributed by atoms with E-state index in [9.17, 15) is 9.59 Å². The number of hydrogen-bond acceptors (Lipinski definition) is 4. The summed E-state index contributed by atoms with van der Waals surface area (Å²) in [6, 6.07) is 13.8. The van der Waals surface area contributed by atoms with Gasteiger partial charge in [0.25, 0.3) is 5.91 Å². The number of esters is 1. The molecule has 0 aliphatic carbocycles. The van der Waals surface area contributed by atoms with Gasteiger partial charge in [-0.3, -0.25) is 4.79 Å². The smallest absolute Gasteiger partial charge is 0.338 e. The number of rotatable bonds is 11. The van der Waals surface area contributed by atoms with Crippen LogP contribution in [-0.4, -0.2) is 25.1 Å². The van der Waals surface area contributed by atoms with E-state index in [1.165, 1.54) is 0 Å². The van der Waals surface area contributed by atoms with Gasteiger partial charge in [0.05, 0.1) is 18.8 Å². The van der Waals surface area contributed by atoms with Gasteiger partial charge in [0, 0.05) is 11.3 Å². The molecule has 0 saturated carbocycles. The third-order valence-electron chi connectivity index (χ3n) is 4.42. The summed E-state index contributed by atoms with van der Waals surface area (Å²) in [6.07, 6.45) is 3.98. The van der Waals surface area contributed by atoms with E-state index in [1.54, 1.807) is 48.5 Å². The highest BCUT2D eigenvalue weighted by Gasteiger charge is 2.10. The van der Waals surface area contributed by atoms with Gasteiger partial charge in [0.1, 0.15) is 5.75 Å². The van der Waals surface area contributed by atoms with Crippen molar-refractivity contribution in [2.75, 3.05) is 18.5 Å². The van der Waals surface area contributed by atoms with Crippen LogP contribution in [0.3, 0.4) is 0 Å². The lowest BCUT2D eigenvalue weighted by Gasteiger charge is -2.09. The number of benzene rings is 2. The predicted molar refractivity (Wildman–Crippen MR) is 116 cm³/mol. The SMILES string of the molecule is CCCCOc1ccc(C(=O)Nc2ccc(C(=O)OCCCC(C)C)cc2)cc1. The van der Waals surface area contributed by atoms with Crippen LogP contribution in [0.4, 0.5) is 5.69 Å². The summed E-state index contributed by atoms with van der Waals surface area (Å²) in [7, 11) is 0. The molecule has 5 nitrogen and oxygen atoms in total. The van der Waals surface area contributed by atoms with E-state index >= 15 is 0 Å². The minimum atomic E-state index is -0.342. The summed E-state index contributed by atoms with van der Waals surface area (Å²) >= 11 is 0. The minimum absolute atomic E-state index is 0.214. The number of carbonyl (C=O) groups excluding carboxylic acids is 2. The second-order valence-electron chi connectivity index (χ2n) is 7.43. The molecule has 0 fully saturated rings. The molecule has 2 aromatic rings. The number of amides is 1. The lowest BCUT2D eigenvalue weighted by atomic mass is 10.1. The lowest BCUT2D eigenvalue weighted by molar-refractivity contribution is 0.0494. The predicted octanol–water partition coefficient (Wildman–Crippen LogP) is 5.71. The molecule has 0 spiro atoms. The molecular weight excluding hydrogens is 366 g/mol. The zero-order chi connectivity index (χ0) is 21.1. The first kappa shape index (κ1) is 22.5. The fourth-order valence-corrected chi connectivity index (χ4v) is 2.67. The van der Waals surface area contributed by atoms with Gasteiger partial charge in [-0.1, -0.05) is 27.2 Å². The van der Waals surface area contributed by atoms with Crippen molar-refractivity contribution >= 4 is 17.6 Å². The Morgan fingerprint density at radius 3 is 2.17 bits per heavy atom. The molecule has 2 aromatic carbocycles. The Morgan fingerprint density at radius 2 is 1.55 bits per heavy atom. The molecule has 156 valence electrons. The van der Waals surface area contributed by atoms with E-state index in [0.29, 0.717) is 35.9 Å². The minimum Gasteiger partial charge on any atom is -0.494 e. The number of nitrogens with one attached hydrogen (secondary N) is 1. The van der Waals surface area contributed by atoms with Crippen LogP contribution in [0, 0.1) is 5.92 Å². The molecule has 29 heavy (non-hydrogen) atoms. The van der Waals surface area contributed by atoms with Crippen molar-refractivity contribution < 1.29 is 19.1 Å². The summed E-state index contributed by atoms with van der Waals surface area (Å²) in [5, 5.41) is 2.83. The summed E-state index contributed by atoms with van der Waals surface area (Å²) in [5.41, 5.74) is 1.64. The van der Waals surface area contributed by atoms with Crippen molar-refractivity contribution in [3.05, 3.63) is 59.7 Å². The fraction of sp³-hybridized carbons (Fsp3) is 0.417. The molecule has 0 bridgehead atoms. The molecule has 1 N–H and O–H groups in total. The molecular formula is C24H31NO4. The van der Waals surface area contributed by atoms with Gasteiger partial charge in [0.15, 0.2) is 0 Å². The average molecular weight is 398 g/mol. The molecule has 0 atom stereocenters. The van der Waals surface area contributed by atoms with E-state index in [1.807, 2.05) is 0 Å². The van der Waals surface area contributed by atoms with Gasteiger partial charge in [-0.15, -0.1) is 0 Å². The standard InChI is InChI=1S/C24H31NO4/c1-4-5-16-28-22-14-10-19(11-15-22)23(26)25-21-12-8-20(9-13-21)24(27)29-17-6-7-18(2)3/h8-15,18H,4-7,16-17H2,1-3H3,(H,25,26). The maximum atomic E-state index is 12.4. The van der Waals surface area contributed by atoms with Gasteiger partial charge in [-0.05, 0) is 73.7 Å². The zero-order valence-electron chi connectivity index (χ0n) is 17.6. The highest BCUT2D eigenvalue weighted by Crippen LogP contribution is 2.16. The highest BCUT2D eigenvalue weighted by atomic mass is 16.5. The number of hydrogen-bond donors (Lipinski definition) is 1. The Morgan fingerprint density at radius 1 is 0.897 bits per heavy atom. The van der Waals surface area contributed by atoms with Crippen LogP contribution in [0.25, 0.3) is 0 Å². The van der Waals surface area contributed by atoms with Crippen LogP contribution in [0.1, 0.15) is 67.2 Å². The van der Waals surface area contributed by atoms with Crippen LogP contribution in [0.2, 0.25) is 0 Å². The van der Waals surface area contributed by atoms with Gasteiger partial charge >= 0.3 is 5.97 Å². The summed E-state index contributed by atoms with van der Waals surface area (Å²) in [6.45, 7) is 7.50. The van der Waals surface area contributed by atoms with Gasteiger partial charge < -0.3 is 14.8 Å². The molecule has 1 amide bonds. The summed E-state index contributed by atoms with van der Waals surface area (Å²) in [5.74, 6) is 0.798. The Labute approximate surface area is 173 Å². The molecule has 0 aromatic heterocycles. The summed E-state index contributed by atoms with van der Waals surface area (Å²) < 4.78 is 10.9. The van der Waals surface area contributed by atoms with Crippen LogP contribution in [0.5, 0.6) is 5.75 Å². The Hall–Kier alpha value is -2.82. The third-order valence-corrected chi connectivity index (χ3v) is 4.42. The molecule has 2 rings (SSSR count). The van der Waals surface area contributed by atoms with E-state index in [0.717, 1.165) is 31.4 Å². The van der Waals surface area contributed by atoms with E-state index in [4.69, 9.17) is 9.47 Å². The van der Waals surface area contributed by atoms with Crippen LogP contribution in [-0.2, 0) is 4.74 Å². The number of unbranched alkanes of at least 4 members (excludes halogenated alkanes) is 1. The van der Waals surface area contributed by atoms with E-state index in [2.05, 4.69) is 26.1 Å². The second kappa shape index (κ2) is 11.9. The molecule has 0 aliphatic heterocycles. The monoisotopic (exact) mass is 397 g/mol. The zero-order valence-corrected chi connectivity index (χ0v) is 17.6. The van der Waals surface area contributed by atoms with E-state index < -0.39 is 0 Å². The van der Waals surface area contributed by atoms with Gasteiger partial charge in [-0.25, -0.2) is 4.79 Å². The summed E-state index contributed by atoms with van der Waals surface area (Å²) in [4.78, 5) is 24.4. The van der Waals surface area contributed by atoms with Crippen molar-refractivity contribution in [3.8, 4) is 5.75 Å². The quantitative estimate of drug-likeness (QED) is 0.389. The maximum Gasteiger partial charge on any atom is 0.338 e. The van der Waals surface area contributed by atoms with Crippen LogP contribution >= 0.6 is 0 Å². The Balaban J connectivity index is 1.84. The molecule has 5 heteroatoms. The lowest BCUT2D eigenvalue weighted by Crippen LogP contribution is -2.12. The molecule has 0 radical (unpaired) electrons. The Bertz CT molecular complexity index is 766. The topological polar surface area (TPSA) is 64.6 Å². The molecule has 0 aliphatic rings. The maximum absolute atomic E-state index is 12.4. The first-order chi connectivity index (χ1) is 14.0. The van der Waals surface area contributed by atoms with Gasteiger partial charge in [0.2, 0.25) is 0 Å². The molecule has 0 saturated heterocycles. The van der Waals surface area contributed by atoms with Crippen molar-refractivity contribution in [3.63, 3.8) is 0 Å². The third kappa shape index (κ3) is 7.98. The average Bonchev–Trinajstić information content (AvgIpc) is 2.72. The van der Waals surface area contributed by atoms with Crippen molar-refractivity contribution in [2.45, 2.75) is 46.5 Å². The molecule has 0 unspecified atom stereocenters. The van der Waals surface area contributed by atoms with Crippen molar-refractivity contribution in [1.82, 2.24) is 0 Å². The van der Waals surface area contributed by atoms with Crippen molar-refractivity contribution in [1.29, 1.82) is 0 Å². The van der Waals surface area contributed by atoms with Gasteiger partial charge in [-0.2, -0.15) is 0 Å². The fourth-order valence-electron chi connectivity index (χ4n) is 2.67. The first-order valence-corrected chi connectivity index (χ1v) is 10.3. The number of ether oxygens (including phenoxy) is 2. The van der Waals surface area contributed by atoms with Crippen LogP contribution in [0.15, 0.2) is 48.5 Å². The molecule has 0 heterocycles. The first-order valence-electron chi connectivity index (χ1n) is 10.3. The van der Waals surface area contributed by atoms with Crippen LogP contribution < -0.4 is 10.1 Å². The Kier molecular flexibility index (Phi) is 9.22.